The van der Waals surface area contributed by atoms with Crippen LogP contribution in [0.1, 0.15) is 52.4 Å². The molecule has 156 valence electrons. The van der Waals surface area contributed by atoms with Crippen LogP contribution in [0.5, 0.6) is 0 Å². The lowest BCUT2D eigenvalue weighted by molar-refractivity contribution is -0.116. The Bertz CT molecular complexity index is 1220. The van der Waals surface area contributed by atoms with E-state index >= 15 is 0 Å². The zero-order chi connectivity index (χ0) is 21.5. The maximum atomic E-state index is 13.1. The Labute approximate surface area is 181 Å². The number of aryl methyl sites for hydroxylation is 2. The first-order valence-electron chi connectivity index (χ1n) is 10.6. The third-order valence-corrected chi connectivity index (χ3v) is 6.16. The topological polar surface area (TPSA) is 76.0 Å². The summed E-state index contributed by atoms with van der Waals surface area (Å²) in [6.07, 6.45) is 3.72. The van der Waals surface area contributed by atoms with E-state index in [0.29, 0.717) is 17.8 Å². The molecule has 0 saturated carbocycles. The third kappa shape index (κ3) is 3.34. The van der Waals surface area contributed by atoms with Crippen molar-refractivity contribution in [2.45, 2.75) is 39.2 Å². The maximum absolute atomic E-state index is 13.1. The van der Waals surface area contributed by atoms with Crippen LogP contribution in [0.2, 0.25) is 0 Å². The second kappa shape index (κ2) is 7.54. The molecular weight excluding hydrogens is 388 g/mol. The van der Waals surface area contributed by atoms with Crippen LogP contribution in [0.3, 0.4) is 0 Å². The Balaban J connectivity index is 1.55. The van der Waals surface area contributed by atoms with Gasteiger partial charge in [-0.15, -0.1) is 0 Å². The molecule has 0 bridgehead atoms. The van der Waals surface area contributed by atoms with Crippen LogP contribution >= 0.6 is 0 Å². The third-order valence-electron chi connectivity index (χ3n) is 6.16. The Kier molecular flexibility index (Phi) is 4.70. The lowest BCUT2D eigenvalue weighted by Gasteiger charge is -2.33. The van der Waals surface area contributed by atoms with E-state index in [1.165, 1.54) is 5.56 Å². The van der Waals surface area contributed by atoms with Gasteiger partial charge in [-0.25, -0.2) is 4.68 Å². The minimum Gasteiger partial charge on any atom is -0.343 e. The Morgan fingerprint density at radius 1 is 1.10 bits per heavy atom. The van der Waals surface area contributed by atoms with Gasteiger partial charge in [-0.1, -0.05) is 36.4 Å². The number of carbonyl (C=O) groups excluding carboxylic acids is 2. The summed E-state index contributed by atoms with van der Waals surface area (Å²) in [5, 5.41) is 10.9. The fourth-order valence-corrected chi connectivity index (χ4v) is 4.39. The summed E-state index contributed by atoms with van der Waals surface area (Å²) in [4.78, 5) is 26.0. The Morgan fingerprint density at radius 2 is 1.90 bits per heavy atom. The van der Waals surface area contributed by atoms with E-state index in [-0.39, 0.29) is 17.7 Å². The number of hydrogen-bond acceptors (Lipinski definition) is 4. The number of aromatic nitrogens is 2. The van der Waals surface area contributed by atoms with E-state index in [1.54, 1.807) is 10.9 Å². The molecule has 5 rings (SSSR count). The highest BCUT2D eigenvalue weighted by Crippen LogP contribution is 2.41. The van der Waals surface area contributed by atoms with Crippen molar-refractivity contribution in [1.29, 1.82) is 0 Å². The molecule has 1 atom stereocenters. The standard InChI is InChI=1S/C25H24N4O2/c1-15-11-12-18(13-16(15)2)27-25(31)19-14-26-29-23(17-7-4-3-5-8-17)22-20(28-24(19)29)9-6-10-21(22)30/h3-5,7-8,11-14,23,28H,6,9-10H2,1-2H3,(H,27,31)/t23-/m1/s1. The smallest absolute Gasteiger partial charge is 0.261 e. The van der Waals surface area contributed by atoms with Gasteiger partial charge in [-0.05, 0) is 55.5 Å². The first-order chi connectivity index (χ1) is 15.0. The van der Waals surface area contributed by atoms with Crippen molar-refractivity contribution in [3.05, 3.63) is 88.3 Å². The van der Waals surface area contributed by atoms with Gasteiger partial charge >= 0.3 is 0 Å². The average molecular weight is 412 g/mol. The number of rotatable bonds is 3. The highest BCUT2D eigenvalue weighted by atomic mass is 16.1. The number of carbonyl (C=O) groups is 2. The molecular formula is C25H24N4O2. The Morgan fingerprint density at radius 3 is 2.68 bits per heavy atom. The molecule has 0 spiro atoms. The normalized spacial score (nSPS) is 17.6. The number of benzene rings is 2. The van der Waals surface area contributed by atoms with Crippen molar-refractivity contribution >= 4 is 23.2 Å². The molecule has 0 unspecified atom stereocenters. The minimum atomic E-state index is -0.330. The van der Waals surface area contributed by atoms with Gasteiger partial charge in [0.2, 0.25) is 0 Å². The molecule has 0 saturated heterocycles. The fraction of sp³-hybridized carbons (Fsp3) is 0.240. The van der Waals surface area contributed by atoms with Gasteiger partial charge in [0.05, 0.1) is 6.20 Å². The number of ketones is 1. The average Bonchev–Trinajstić information content (AvgIpc) is 3.19. The summed E-state index contributed by atoms with van der Waals surface area (Å²) in [5.41, 5.74) is 6.15. The summed E-state index contributed by atoms with van der Waals surface area (Å²) in [5.74, 6) is 0.545. The van der Waals surface area contributed by atoms with Crippen LogP contribution in [-0.2, 0) is 4.79 Å². The van der Waals surface area contributed by atoms with E-state index < -0.39 is 0 Å². The van der Waals surface area contributed by atoms with Crippen molar-refractivity contribution in [2.75, 3.05) is 10.6 Å². The first-order valence-corrected chi connectivity index (χ1v) is 10.6. The van der Waals surface area contributed by atoms with Crippen LogP contribution in [0.4, 0.5) is 11.5 Å². The van der Waals surface area contributed by atoms with E-state index in [1.807, 2.05) is 62.4 Å². The molecule has 2 aliphatic rings. The second-order valence-electron chi connectivity index (χ2n) is 8.21. The van der Waals surface area contributed by atoms with Crippen molar-refractivity contribution in [2.24, 2.45) is 0 Å². The lowest BCUT2D eigenvalue weighted by atomic mass is 9.85. The number of fused-ring (bicyclic) bond motifs is 1. The number of nitrogens with one attached hydrogen (secondary N) is 2. The summed E-state index contributed by atoms with van der Waals surface area (Å²) in [7, 11) is 0. The molecule has 1 amide bonds. The molecule has 31 heavy (non-hydrogen) atoms. The number of allylic oxidation sites excluding steroid dienone is 2. The molecule has 1 aliphatic heterocycles. The number of Topliss-reactive ketones (excluding diaryl/α,β-unsaturated/α-hetero) is 1. The van der Waals surface area contributed by atoms with Gasteiger partial charge in [0, 0.05) is 23.4 Å². The van der Waals surface area contributed by atoms with Crippen LogP contribution in [0.25, 0.3) is 0 Å². The van der Waals surface area contributed by atoms with Crippen molar-refractivity contribution in [1.82, 2.24) is 9.78 Å². The number of nitrogens with zero attached hydrogens (tertiary/aromatic N) is 2. The van der Waals surface area contributed by atoms with Gasteiger partial charge in [-0.2, -0.15) is 5.10 Å². The van der Waals surface area contributed by atoms with Crippen LogP contribution < -0.4 is 10.6 Å². The molecule has 2 N–H and O–H groups in total. The fourth-order valence-electron chi connectivity index (χ4n) is 4.39. The zero-order valence-corrected chi connectivity index (χ0v) is 17.6. The highest BCUT2D eigenvalue weighted by molar-refractivity contribution is 6.08. The second-order valence-corrected chi connectivity index (χ2v) is 8.21. The predicted octanol–water partition coefficient (Wildman–Crippen LogP) is 4.77. The van der Waals surface area contributed by atoms with E-state index in [9.17, 15) is 9.59 Å². The monoisotopic (exact) mass is 412 g/mol. The molecule has 1 aliphatic carbocycles. The summed E-state index contributed by atoms with van der Waals surface area (Å²) in [6, 6.07) is 15.4. The summed E-state index contributed by atoms with van der Waals surface area (Å²) >= 11 is 0. The molecule has 2 aromatic carbocycles. The van der Waals surface area contributed by atoms with E-state index in [2.05, 4.69) is 15.7 Å². The largest absolute Gasteiger partial charge is 0.343 e. The highest BCUT2D eigenvalue weighted by Gasteiger charge is 2.37. The van der Waals surface area contributed by atoms with Gasteiger partial charge in [0.15, 0.2) is 5.78 Å². The van der Waals surface area contributed by atoms with Gasteiger partial charge < -0.3 is 10.6 Å². The van der Waals surface area contributed by atoms with Crippen molar-refractivity contribution < 1.29 is 9.59 Å². The zero-order valence-electron chi connectivity index (χ0n) is 17.6. The molecule has 3 aromatic rings. The predicted molar refractivity (Wildman–Crippen MR) is 120 cm³/mol. The molecule has 6 nitrogen and oxygen atoms in total. The summed E-state index contributed by atoms with van der Waals surface area (Å²) in [6.45, 7) is 4.06. The van der Waals surface area contributed by atoms with Crippen molar-refractivity contribution in [3.63, 3.8) is 0 Å². The van der Waals surface area contributed by atoms with Gasteiger partial charge in [0.1, 0.15) is 17.4 Å². The lowest BCUT2D eigenvalue weighted by Crippen LogP contribution is -2.32. The quantitative estimate of drug-likeness (QED) is 0.649. The SMILES string of the molecule is Cc1ccc(NC(=O)c2cnn3c2NC2=C(C(=O)CCC2)[C@H]3c2ccccc2)cc1C. The first kappa shape index (κ1) is 19.3. The van der Waals surface area contributed by atoms with Crippen LogP contribution in [0.15, 0.2) is 66.0 Å². The van der Waals surface area contributed by atoms with Crippen LogP contribution in [0, 0.1) is 13.8 Å². The number of anilines is 2. The molecule has 6 heteroatoms. The Hall–Kier alpha value is -3.67. The molecule has 0 fully saturated rings. The summed E-state index contributed by atoms with van der Waals surface area (Å²) < 4.78 is 1.77. The molecule has 1 aromatic heterocycles. The number of hydrogen-bond donors (Lipinski definition) is 2. The minimum absolute atomic E-state index is 0.143. The maximum Gasteiger partial charge on any atom is 0.261 e. The van der Waals surface area contributed by atoms with E-state index in [4.69, 9.17) is 0 Å². The number of amides is 1. The van der Waals surface area contributed by atoms with Crippen molar-refractivity contribution in [3.8, 4) is 0 Å². The van der Waals surface area contributed by atoms with E-state index in [0.717, 1.165) is 40.9 Å². The van der Waals surface area contributed by atoms with Gasteiger partial charge in [0.25, 0.3) is 5.91 Å². The van der Waals surface area contributed by atoms with Gasteiger partial charge in [-0.3, -0.25) is 9.59 Å². The molecule has 0 radical (unpaired) electrons. The molecule has 2 heterocycles. The van der Waals surface area contributed by atoms with Crippen LogP contribution in [-0.4, -0.2) is 21.5 Å².